The zero-order valence-corrected chi connectivity index (χ0v) is 11.5. The molecule has 17 heavy (non-hydrogen) atoms. The Hall–Kier alpha value is -0.730. The molecule has 1 aromatic rings. The van der Waals surface area contributed by atoms with Gasteiger partial charge in [0, 0.05) is 16.1 Å². The highest BCUT2D eigenvalue weighted by Gasteiger charge is 2.38. The number of hydrogen-bond donors (Lipinski definition) is 1. The van der Waals surface area contributed by atoms with Gasteiger partial charge in [-0.1, -0.05) is 25.4 Å². The summed E-state index contributed by atoms with van der Waals surface area (Å²) in [5.41, 5.74) is 8.40. The van der Waals surface area contributed by atoms with Crippen LogP contribution in [0.1, 0.15) is 43.7 Å². The van der Waals surface area contributed by atoms with Crippen molar-refractivity contribution in [2.45, 2.75) is 44.6 Å². The molecule has 1 aromatic carbocycles. The Kier molecular flexibility index (Phi) is 3.37. The van der Waals surface area contributed by atoms with E-state index in [4.69, 9.17) is 22.1 Å². The lowest BCUT2D eigenvalue weighted by Gasteiger charge is -2.17. The largest absolute Gasteiger partial charge is 0.496 e. The highest BCUT2D eigenvalue weighted by Crippen LogP contribution is 2.39. The van der Waals surface area contributed by atoms with E-state index in [1.54, 1.807) is 7.11 Å². The summed E-state index contributed by atoms with van der Waals surface area (Å²) in [7, 11) is 1.69. The van der Waals surface area contributed by atoms with Gasteiger partial charge in [0.05, 0.1) is 7.11 Å². The topological polar surface area (TPSA) is 35.2 Å². The molecule has 3 heteroatoms. The van der Waals surface area contributed by atoms with Crippen LogP contribution in [-0.4, -0.2) is 12.6 Å². The lowest BCUT2D eigenvalue weighted by atomic mass is 9.97. The van der Waals surface area contributed by atoms with Gasteiger partial charge in [0.1, 0.15) is 5.75 Å². The van der Waals surface area contributed by atoms with Crippen molar-refractivity contribution in [3.8, 4) is 5.75 Å². The molecule has 1 fully saturated rings. The van der Waals surface area contributed by atoms with Crippen molar-refractivity contribution in [1.29, 1.82) is 0 Å². The average molecular weight is 254 g/mol. The van der Waals surface area contributed by atoms with E-state index in [9.17, 15) is 0 Å². The molecule has 0 atom stereocenters. The molecular weight excluding hydrogens is 234 g/mol. The summed E-state index contributed by atoms with van der Waals surface area (Å²) in [6, 6.07) is 4.11. The minimum atomic E-state index is 0.00763. The molecule has 0 aliphatic heterocycles. The van der Waals surface area contributed by atoms with Crippen molar-refractivity contribution in [2.24, 2.45) is 5.73 Å². The van der Waals surface area contributed by atoms with E-state index in [2.05, 4.69) is 19.9 Å². The van der Waals surface area contributed by atoms with Crippen molar-refractivity contribution >= 4 is 11.6 Å². The first-order chi connectivity index (χ1) is 7.95. The summed E-state index contributed by atoms with van der Waals surface area (Å²) >= 11 is 6.34. The fraction of sp³-hybridized carbons (Fsp3) is 0.571. The predicted molar refractivity (Wildman–Crippen MR) is 71.9 cm³/mol. The maximum atomic E-state index is 6.34. The van der Waals surface area contributed by atoms with Gasteiger partial charge < -0.3 is 10.5 Å². The molecule has 2 N–H and O–H groups in total. The fourth-order valence-corrected chi connectivity index (χ4v) is 2.67. The number of hydrogen-bond acceptors (Lipinski definition) is 2. The summed E-state index contributed by atoms with van der Waals surface area (Å²) in [5.74, 6) is 1.24. The molecule has 0 heterocycles. The Bertz CT molecular complexity index is 424. The zero-order valence-electron chi connectivity index (χ0n) is 10.7. The van der Waals surface area contributed by atoms with Crippen LogP contribution in [0.25, 0.3) is 0 Å². The number of methoxy groups -OCH3 is 1. The Morgan fingerprint density at radius 3 is 2.53 bits per heavy atom. The van der Waals surface area contributed by atoms with Gasteiger partial charge in [-0.3, -0.25) is 0 Å². The number of halogens is 1. The smallest absolute Gasteiger partial charge is 0.124 e. The molecule has 0 bridgehead atoms. The monoisotopic (exact) mass is 253 g/mol. The normalized spacial score (nSPS) is 17.3. The molecule has 94 valence electrons. The van der Waals surface area contributed by atoms with Crippen LogP contribution in [0, 0.1) is 0 Å². The first-order valence-corrected chi connectivity index (χ1v) is 6.48. The minimum Gasteiger partial charge on any atom is -0.496 e. The molecule has 1 saturated carbocycles. The number of ether oxygens (including phenoxy) is 1. The van der Waals surface area contributed by atoms with Crippen LogP contribution in [0.15, 0.2) is 12.1 Å². The van der Waals surface area contributed by atoms with Gasteiger partial charge in [-0.15, -0.1) is 0 Å². The van der Waals surface area contributed by atoms with E-state index >= 15 is 0 Å². The van der Waals surface area contributed by atoms with Crippen LogP contribution in [0.4, 0.5) is 0 Å². The molecule has 2 nitrogen and oxygen atoms in total. The van der Waals surface area contributed by atoms with Crippen LogP contribution < -0.4 is 10.5 Å². The van der Waals surface area contributed by atoms with Gasteiger partial charge in [0.15, 0.2) is 0 Å². The molecule has 1 aliphatic rings. The molecule has 0 aromatic heterocycles. The Labute approximate surface area is 108 Å². The molecule has 0 unspecified atom stereocenters. The highest BCUT2D eigenvalue weighted by atomic mass is 35.5. The Balaban J connectivity index is 2.34. The van der Waals surface area contributed by atoms with Crippen molar-refractivity contribution in [3.05, 3.63) is 28.3 Å². The van der Waals surface area contributed by atoms with Crippen molar-refractivity contribution < 1.29 is 4.74 Å². The van der Waals surface area contributed by atoms with Gasteiger partial charge in [0.25, 0.3) is 0 Å². The van der Waals surface area contributed by atoms with E-state index in [-0.39, 0.29) is 5.54 Å². The summed E-state index contributed by atoms with van der Waals surface area (Å²) in [6.45, 7) is 4.24. The van der Waals surface area contributed by atoms with Crippen LogP contribution in [-0.2, 0) is 6.42 Å². The third-order valence-electron chi connectivity index (χ3n) is 3.40. The second-order valence-electron chi connectivity index (χ2n) is 5.39. The summed E-state index contributed by atoms with van der Waals surface area (Å²) in [5, 5.41) is 0.790. The van der Waals surface area contributed by atoms with Gasteiger partial charge in [0.2, 0.25) is 0 Å². The van der Waals surface area contributed by atoms with E-state index < -0.39 is 0 Å². The Morgan fingerprint density at radius 1 is 1.41 bits per heavy atom. The maximum Gasteiger partial charge on any atom is 0.124 e. The van der Waals surface area contributed by atoms with E-state index in [0.29, 0.717) is 5.92 Å². The maximum absolute atomic E-state index is 6.34. The lowest BCUT2D eigenvalue weighted by molar-refractivity contribution is 0.407. The van der Waals surface area contributed by atoms with Crippen LogP contribution >= 0.6 is 11.6 Å². The molecule has 0 saturated heterocycles. The first kappa shape index (κ1) is 12.7. The quantitative estimate of drug-likeness (QED) is 0.891. The van der Waals surface area contributed by atoms with Gasteiger partial charge in [-0.25, -0.2) is 0 Å². The standard InChI is InChI=1S/C14H20ClNO/c1-9(2)13-11(15)6-10(7-12(13)17-3)8-14(16)4-5-14/h6-7,9H,4-5,8,16H2,1-3H3. The summed E-state index contributed by atoms with van der Waals surface area (Å²) < 4.78 is 5.44. The molecular formula is C14H20ClNO. The lowest BCUT2D eigenvalue weighted by Crippen LogP contribution is -2.24. The SMILES string of the molecule is COc1cc(CC2(N)CC2)cc(Cl)c1C(C)C. The number of benzene rings is 1. The summed E-state index contributed by atoms with van der Waals surface area (Å²) in [4.78, 5) is 0. The van der Waals surface area contributed by atoms with Crippen molar-refractivity contribution in [3.63, 3.8) is 0 Å². The van der Waals surface area contributed by atoms with E-state index in [1.807, 2.05) is 6.07 Å². The average Bonchev–Trinajstić information content (AvgIpc) is 2.94. The van der Waals surface area contributed by atoms with Gasteiger partial charge >= 0.3 is 0 Å². The van der Waals surface area contributed by atoms with Crippen molar-refractivity contribution in [1.82, 2.24) is 0 Å². The van der Waals surface area contributed by atoms with E-state index in [1.165, 1.54) is 5.56 Å². The minimum absolute atomic E-state index is 0.00763. The zero-order chi connectivity index (χ0) is 12.6. The highest BCUT2D eigenvalue weighted by molar-refractivity contribution is 6.31. The number of nitrogens with two attached hydrogens (primary N) is 1. The number of rotatable bonds is 4. The van der Waals surface area contributed by atoms with Crippen LogP contribution in [0.5, 0.6) is 5.75 Å². The van der Waals surface area contributed by atoms with Gasteiger partial charge in [-0.05, 0) is 42.9 Å². The molecule has 2 rings (SSSR count). The second-order valence-corrected chi connectivity index (χ2v) is 5.79. The summed E-state index contributed by atoms with van der Waals surface area (Å²) in [6.07, 6.45) is 3.11. The fourth-order valence-electron chi connectivity index (χ4n) is 2.22. The molecule has 0 spiro atoms. The molecule has 0 radical (unpaired) electrons. The third-order valence-corrected chi connectivity index (χ3v) is 3.71. The van der Waals surface area contributed by atoms with Crippen molar-refractivity contribution in [2.75, 3.05) is 7.11 Å². The Morgan fingerprint density at radius 2 is 2.06 bits per heavy atom. The molecule has 1 aliphatic carbocycles. The predicted octanol–water partition coefficient (Wildman–Crippen LogP) is 3.51. The van der Waals surface area contributed by atoms with E-state index in [0.717, 1.165) is 35.6 Å². The van der Waals surface area contributed by atoms with Gasteiger partial charge in [-0.2, -0.15) is 0 Å². The van der Waals surface area contributed by atoms with Crippen LogP contribution in [0.3, 0.4) is 0 Å². The van der Waals surface area contributed by atoms with Crippen LogP contribution in [0.2, 0.25) is 5.02 Å². The third kappa shape index (κ3) is 2.75. The second kappa shape index (κ2) is 4.51. The molecule has 0 amide bonds. The first-order valence-electron chi connectivity index (χ1n) is 6.10.